The third-order valence-corrected chi connectivity index (χ3v) is 7.69. The van der Waals surface area contributed by atoms with Gasteiger partial charge in [0.2, 0.25) is 0 Å². The summed E-state index contributed by atoms with van der Waals surface area (Å²) in [5.41, 5.74) is 1.08. The van der Waals surface area contributed by atoms with Gasteiger partial charge in [0, 0.05) is 16.0 Å². The summed E-state index contributed by atoms with van der Waals surface area (Å²) < 4.78 is 41.7. The molecule has 0 N–H and O–H groups in total. The van der Waals surface area contributed by atoms with E-state index in [0.29, 0.717) is 16.6 Å². The molecule has 0 radical (unpaired) electrons. The molecule has 0 saturated carbocycles. The second kappa shape index (κ2) is 7.06. The molecule has 1 unspecified atom stereocenters. The lowest BCUT2D eigenvalue weighted by Gasteiger charge is -2.19. The minimum absolute atomic E-state index is 0.107. The van der Waals surface area contributed by atoms with Gasteiger partial charge in [-0.15, -0.1) is 11.8 Å². The van der Waals surface area contributed by atoms with Crippen molar-refractivity contribution in [1.29, 1.82) is 0 Å². The number of fused-ring (bicyclic) bond motifs is 1. The Kier molecular flexibility index (Phi) is 5.14. The van der Waals surface area contributed by atoms with Crippen molar-refractivity contribution in [3.05, 3.63) is 60.0 Å². The van der Waals surface area contributed by atoms with Crippen LogP contribution in [0.3, 0.4) is 0 Å². The van der Waals surface area contributed by atoms with E-state index in [-0.39, 0.29) is 16.1 Å². The van der Waals surface area contributed by atoms with E-state index in [1.807, 2.05) is 25.9 Å². The summed E-state index contributed by atoms with van der Waals surface area (Å²) >= 11 is 1.52. The second-order valence-electron chi connectivity index (χ2n) is 6.34. The lowest BCUT2D eigenvalue weighted by Crippen LogP contribution is -2.21. The molecular formula is C19H21FN2O2S2. The molecule has 0 amide bonds. The van der Waals surface area contributed by atoms with Crippen molar-refractivity contribution in [2.75, 3.05) is 14.1 Å². The quantitative estimate of drug-likeness (QED) is 0.479. The maximum Gasteiger partial charge on any atom is 0.268 e. The predicted molar refractivity (Wildman–Crippen MR) is 105 cm³/mol. The highest BCUT2D eigenvalue weighted by atomic mass is 32.2. The second-order valence-corrected chi connectivity index (χ2v) is 9.45. The fraction of sp³-hybridized carbons (Fsp3) is 0.263. The van der Waals surface area contributed by atoms with Crippen LogP contribution in [0.1, 0.15) is 12.6 Å². The van der Waals surface area contributed by atoms with Crippen molar-refractivity contribution in [1.82, 2.24) is 8.87 Å². The van der Waals surface area contributed by atoms with Gasteiger partial charge in [-0.05, 0) is 58.3 Å². The number of hydrogen-bond acceptors (Lipinski definition) is 4. The van der Waals surface area contributed by atoms with Gasteiger partial charge in [-0.25, -0.2) is 16.8 Å². The lowest BCUT2D eigenvalue weighted by atomic mass is 10.2. The first-order valence-corrected chi connectivity index (χ1v) is 10.5. The van der Waals surface area contributed by atoms with E-state index in [0.717, 1.165) is 4.90 Å². The highest BCUT2D eigenvalue weighted by Crippen LogP contribution is 2.38. The van der Waals surface area contributed by atoms with E-state index in [9.17, 15) is 12.8 Å². The van der Waals surface area contributed by atoms with E-state index in [1.165, 1.54) is 33.9 Å². The van der Waals surface area contributed by atoms with Crippen LogP contribution in [-0.4, -0.2) is 36.8 Å². The van der Waals surface area contributed by atoms with Crippen molar-refractivity contribution in [3.8, 4) is 0 Å². The van der Waals surface area contributed by atoms with Gasteiger partial charge in [-0.2, -0.15) is 0 Å². The number of halogens is 1. The summed E-state index contributed by atoms with van der Waals surface area (Å²) in [4.78, 5) is 3.01. The fourth-order valence-electron chi connectivity index (χ4n) is 2.77. The standard InChI is InChI=1S/C19H21FN2O2S2/c1-13-19(25-14(2)21(3)4)17-12-15(20)10-11-18(17)22(13)26(23,24)16-8-6-5-7-9-16/h5-12,14H,1-4H3. The van der Waals surface area contributed by atoms with E-state index < -0.39 is 10.0 Å². The SMILES string of the molecule is Cc1c(SC(C)N(C)C)c2cc(F)ccc2n1S(=O)(=O)c1ccccc1. The molecule has 1 atom stereocenters. The minimum Gasteiger partial charge on any atom is -0.298 e. The molecule has 0 spiro atoms. The van der Waals surface area contributed by atoms with E-state index in [4.69, 9.17) is 0 Å². The molecule has 0 aliphatic rings. The van der Waals surface area contributed by atoms with Crippen molar-refractivity contribution >= 4 is 32.7 Å². The third kappa shape index (κ3) is 3.26. The topological polar surface area (TPSA) is 42.3 Å². The van der Waals surface area contributed by atoms with E-state index in [2.05, 4.69) is 0 Å². The summed E-state index contributed by atoms with van der Waals surface area (Å²) in [7, 11) is 0.127. The summed E-state index contributed by atoms with van der Waals surface area (Å²) in [6, 6.07) is 12.5. The molecule has 4 nitrogen and oxygen atoms in total. The summed E-state index contributed by atoms with van der Waals surface area (Å²) in [6.07, 6.45) is 0. The number of rotatable bonds is 5. The zero-order valence-electron chi connectivity index (χ0n) is 15.1. The first kappa shape index (κ1) is 18.9. The molecule has 0 saturated heterocycles. The normalized spacial score (nSPS) is 13.5. The van der Waals surface area contributed by atoms with Crippen LogP contribution in [0.25, 0.3) is 10.9 Å². The van der Waals surface area contributed by atoms with Crippen molar-refractivity contribution in [3.63, 3.8) is 0 Å². The van der Waals surface area contributed by atoms with E-state index >= 15 is 0 Å². The Hall–Kier alpha value is -1.83. The molecule has 2 aromatic carbocycles. The van der Waals surface area contributed by atoms with Gasteiger partial charge in [0.15, 0.2) is 0 Å². The van der Waals surface area contributed by atoms with Crippen LogP contribution in [0.4, 0.5) is 4.39 Å². The lowest BCUT2D eigenvalue weighted by molar-refractivity contribution is 0.402. The smallest absolute Gasteiger partial charge is 0.268 e. The van der Waals surface area contributed by atoms with E-state index in [1.54, 1.807) is 37.3 Å². The number of nitrogens with zero attached hydrogens (tertiary/aromatic N) is 2. The van der Waals surface area contributed by atoms with Gasteiger partial charge in [-0.1, -0.05) is 18.2 Å². The Morgan fingerprint density at radius 3 is 2.38 bits per heavy atom. The zero-order chi connectivity index (χ0) is 19.1. The Bertz CT molecular complexity index is 1040. The first-order chi connectivity index (χ1) is 12.2. The Labute approximate surface area is 157 Å². The Balaban J connectivity index is 2.29. The van der Waals surface area contributed by atoms with Crippen LogP contribution < -0.4 is 0 Å². The predicted octanol–water partition coefficient (Wildman–Crippen LogP) is 4.33. The van der Waals surface area contributed by atoms with Crippen LogP contribution in [-0.2, 0) is 10.0 Å². The molecule has 7 heteroatoms. The van der Waals surface area contributed by atoms with Gasteiger partial charge in [0.25, 0.3) is 10.0 Å². The molecule has 0 bridgehead atoms. The third-order valence-electron chi connectivity index (χ3n) is 4.35. The minimum atomic E-state index is -3.78. The number of aromatic nitrogens is 1. The number of benzene rings is 2. The number of hydrogen-bond donors (Lipinski definition) is 0. The summed E-state index contributed by atoms with van der Waals surface area (Å²) in [5, 5.41) is 0.719. The fourth-order valence-corrected chi connectivity index (χ4v) is 5.51. The largest absolute Gasteiger partial charge is 0.298 e. The molecule has 0 fully saturated rings. The van der Waals surface area contributed by atoms with Crippen molar-refractivity contribution in [2.24, 2.45) is 0 Å². The Morgan fingerprint density at radius 1 is 1.12 bits per heavy atom. The van der Waals surface area contributed by atoms with Crippen molar-refractivity contribution in [2.45, 2.75) is 29.0 Å². The van der Waals surface area contributed by atoms with Crippen LogP contribution in [0.2, 0.25) is 0 Å². The van der Waals surface area contributed by atoms with Crippen LogP contribution in [0, 0.1) is 12.7 Å². The maximum atomic E-state index is 13.9. The summed E-state index contributed by atoms with van der Waals surface area (Å²) in [5.74, 6) is -0.383. The van der Waals surface area contributed by atoms with Gasteiger partial charge in [-0.3, -0.25) is 4.90 Å². The highest BCUT2D eigenvalue weighted by Gasteiger charge is 2.26. The number of thioether (sulfide) groups is 1. The average molecular weight is 393 g/mol. The molecule has 26 heavy (non-hydrogen) atoms. The molecule has 1 aromatic heterocycles. The Morgan fingerprint density at radius 2 is 1.77 bits per heavy atom. The van der Waals surface area contributed by atoms with Gasteiger partial charge < -0.3 is 0 Å². The molecule has 0 aliphatic heterocycles. The van der Waals surface area contributed by atoms with Gasteiger partial charge >= 0.3 is 0 Å². The monoisotopic (exact) mass is 392 g/mol. The molecule has 138 valence electrons. The molecule has 1 heterocycles. The average Bonchev–Trinajstić information content (AvgIpc) is 2.87. The van der Waals surface area contributed by atoms with Crippen LogP contribution in [0.15, 0.2) is 58.3 Å². The van der Waals surface area contributed by atoms with Gasteiger partial charge in [0.05, 0.1) is 15.8 Å². The first-order valence-electron chi connectivity index (χ1n) is 8.17. The molecule has 3 aromatic rings. The molecule has 3 rings (SSSR count). The maximum absolute atomic E-state index is 13.9. The summed E-state index contributed by atoms with van der Waals surface area (Å²) in [6.45, 7) is 3.79. The van der Waals surface area contributed by atoms with Gasteiger partial charge in [0.1, 0.15) is 5.82 Å². The van der Waals surface area contributed by atoms with Crippen molar-refractivity contribution < 1.29 is 12.8 Å². The molecular weight excluding hydrogens is 371 g/mol. The highest BCUT2D eigenvalue weighted by molar-refractivity contribution is 8.00. The zero-order valence-corrected chi connectivity index (χ0v) is 16.7. The van der Waals surface area contributed by atoms with Crippen LogP contribution >= 0.6 is 11.8 Å². The van der Waals surface area contributed by atoms with Crippen LogP contribution in [0.5, 0.6) is 0 Å². The molecule has 0 aliphatic carbocycles.